The minimum atomic E-state index is -4.63. The molecule has 0 unspecified atom stereocenters. The first-order chi connectivity index (χ1) is 28.3. The van der Waals surface area contributed by atoms with Crippen LogP contribution < -0.4 is 60.6 Å². The van der Waals surface area contributed by atoms with E-state index in [0.29, 0.717) is 88.0 Å². The van der Waals surface area contributed by atoms with Crippen LogP contribution in [-0.2, 0) is 19.6 Å². The molecule has 59 heavy (non-hydrogen) atoms. The van der Waals surface area contributed by atoms with E-state index in [1.807, 2.05) is 89.8 Å². The molecule has 0 saturated carbocycles. The van der Waals surface area contributed by atoms with E-state index >= 15 is 0 Å². The molecule has 0 atom stereocenters. The Morgan fingerprint density at radius 2 is 0.949 bits per heavy atom. The van der Waals surface area contributed by atoms with E-state index in [4.69, 9.17) is 9.47 Å². The fourth-order valence-corrected chi connectivity index (χ4v) is 6.87. The van der Waals surface area contributed by atoms with E-state index in [-0.39, 0.29) is 47.4 Å². The third kappa shape index (κ3) is 11.3. The smallest absolute Gasteiger partial charge is 1.00 e. The van der Waals surface area contributed by atoms with Crippen molar-refractivity contribution < 1.29 is 53.4 Å². The number of benzene rings is 4. The van der Waals surface area contributed by atoms with Gasteiger partial charge in [0, 0.05) is 48.9 Å². The van der Waals surface area contributed by atoms with Gasteiger partial charge in [0.05, 0.1) is 26.4 Å². The minimum Gasteiger partial charge on any atom is -1.00 e. The Labute approximate surface area is 364 Å². The molecule has 0 aliphatic carbocycles. The molecular weight excluding hydrogens is 784 g/mol. The number of anilines is 10. The summed E-state index contributed by atoms with van der Waals surface area (Å²) in [5.74, 6) is 2.22. The fourth-order valence-electron chi connectivity index (χ4n) is 6.16. The van der Waals surface area contributed by atoms with Crippen LogP contribution in [0.1, 0.15) is 12.6 Å². The molecule has 4 heterocycles. The summed E-state index contributed by atoms with van der Waals surface area (Å²) < 4.78 is 46.6. The molecule has 0 radical (unpaired) electrons. The van der Waals surface area contributed by atoms with Crippen molar-refractivity contribution in [1.29, 1.82) is 0 Å². The van der Waals surface area contributed by atoms with Crippen molar-refractivity contribution in [3.63, 3.8) is 0 Å². The Kier molecular flexibility index (Phi) is 13.6. The van der Waals surface area contributed by atoms with Gasteiger partial charge in [0.2, 0.25) is 35.7 Å². The van der Waals surface area contributed by atoms with Gasteiger partial charge in [-0.1, -0.05) is 66.7 Å². The fraction of sp³-hybridized carbons (Fsp3) is 0.200. The average molecular weight is 825 g/mol. The summed E-state index contributed by atoms with van der Waals surface area (Å²) in [6.07, 6.45) is 3.38. The van der Waals surface area contributed by atoms with Gasteiger partial charge >= 0.3 is 29.6 Å². The second kappa shape index (κ2) is 19.3. The van der Waals surface area contributed by atoms with E-state index in [1.165, 1.54) is 6.07 Å². The van der Waals surface area contributed by atoms with Gasteiger partial charge in [-0.2, -0.15) is 38.3 Å². The number of morpholine rings is 2. The Balaban J connectivity index is 0.00000302. The quantitative estimate of drug-likeness (QED) is 0.0644. The van der Waals surface area contributed by atoms with Crippen molar-refractivity contribution in [2.24, 2.45) is 0 Å². The first-order valence-corrected chi connectivity index (χ1v) is 20.0. The molecule has 2 fully saturated rings. The molecule has 0 amide bonds. The van der Waals surface area contributed by atoms with Crippen LogP contribution in [0.4, 0.5) is 58.4 Å². The molecule has 298 valence electrons. The summed E-state index contributed by atoms with van der Waals surface area (Å²) >= 11 is 0. The van der Waals surface area contributed by atoms with Crippen molar-refractivity contribution in [1.82, 2.24) is 29.9 Å². The molecule has 6 aromatic rings. The third-order valence-electron chi connectivity index (χ3n) is 9.06. The van der Waals surface area contributed by atoms with Gasteiger partial charge in [-0.3, -0.25) is 4.55 Å². The molecule has 8 rings (SSSR count). The van der Waals surface area contributed by atoms with Crippen LogP contribution in [0.3, 0.4) is 0 Å². The van der Waals surface area contributed by atoms with Gasteiger partial charge in [0.15, 0.2) is 0 Å². The summed E-state index contributed by atoms with van der Waals surface area (Å²) in [6.45, 7) is 4.78. The maximum absolute atomic E-state index is 12.6. The molecule has 2 aliphatic rings. The normalized spacial score (nSPS) is 14.4. The molecule has 5 N–H and O–H groups in total. The summed E-state index contributed by atoms with van der Waals surface area (Å²) in [5.41, 5.74) is 3.78. The van der Waals surface area contributed by atoms with Crippen molar-refractivity contribution in [3.8, 4) is 0 Å². The summed E-state index contributed by atoms with van der Waals surface area (Å²) in [7, 11) is -4.63. The molecule has 19 heteroatoms. The first kappa shape index (κ1) is 41.4. The monoisotopic (exact) mass is 824 g/mol. The van der Waals surface area contributed by atoms with E-state index in [0.717, 1.165) is 22.6 Å². The third-order valence-corrected chi connectivity index (χ3v) is 9.97. The zero-order valence-electron chi connectivity index (χ0n) is 33.2. The summed E-state index contributed by atoms with van der Waals surface area (Å²) in [6, 6.07) is 31.2. The Hall–Kier alpha value is -5.73. The van der Waals surface area contributed by atoms with Crippen molar-refractivity contribution in [3.05, 3.63) is 114 Å². The zero-order chi connectivity index (χ0) is 39.7. The van der Waals surface area contributed by atoms with E-state index in [9.17, 15) is 13.0 Å². The van der Waals surface area contributed by atoms with Gasteiger partial charge in [-0.05, 0) is 59.7 Å². The minimum absolute atomic E-state index is 0. The molecule has 2 aliphatic heterocycles. The molecule has 4 aromatic carbocycles. The van der Waals surface area contributed by atoms with Crippen molar-refractivity contribution >= 4 is 80.7 Å². The molecule has 2 saturated heterocycles. The number of para-hydroxylation sites is 2. The summed E-state index contributed by atoms with van der Waals surface area (Å²) in [5, 5.41) is 12.8. The van der Waals surface area contributed by atoms with Gasteiger partial charge < -0.3 is 42.0 Å². The predicted octanol–water partition coefficient (Wildman–Crippen LogP) is 3.24. The molecule has 0 spiro atoms. The van der Waals surface area contributed by atoms with Gasteiger partial charge in [-0.25, -0.2) is 0 Å². The average Bonchev–Trinajstić information content (AvgIpc) is 3.24. The number of nitrogens with one attached hydrogen (secondary N) is 4. The van der Waals surface area contributed by atoms with E-state index in [2.05, 4.69) is 56.1 Å². The van der Waals surface area contributed by atoms with Gasteiger partial charge in [-0.15, -0.1) is 0 Å². The maximum Gasteiger partial charge on any atom is 1.00 e. The van der Waals surface area contributed by atoms with E-state index in [1.54, 1.807) is 24.3 Å². The maximum atomic E-state index is 12.6. The number of hydrogen-bond acceptors (Lipinski definition) is 16. The molecular formula is C40H41N12NaO5S. The number of ether oxygens (including phenoxy) is 2. The molecule has 2 aromatic heterocycles. The van der Waals surface area contributed by atoms with Crippen LogP contribution in [0, 0.1) is 0 Å². The Bertz CT molecular complexity index is 2480. The van der Waals surface area contributed by atoms with Crippen molar-refractivity contribution in [2.75, 3.05) is 83.7 Å². The Morgan fingerprint density at radius 1 is 0.542 bits per heavy atom. The standard InChI is InChI=1S/C40H40N12O5S.Na.H/c53-58(54,55)34-27-33(44-38-46-36(42-31-9-5-2-6-10-31)48-40(50-38)52-21-25-57-26-22-52)18-15-29(34)14-11-28-12-16-32(17-13-28)43-37-45-35(41-30-7-3-1-4-8-30)47-39(49-37)51-19-23-56-24-20-51;;/h1-18,27H,19-26H2,(H,53,54,55)(H2,41,43,45,47,49)(H2,42,44,46,48,50);;/q;+1;-1. The molecule has 17 nitrogen and oxygen atoms in total. The first-order valence-electron chi connectivity index (χ1n) is 18.6. The van der Waals surface area contributed by atoms with Crippen LogP contribution in [-0.4, -0.2) is 95.5 Å². The van der Waals surface area contributed by atoms with Crippen LogP contribution in [0.2, 0.25) is 0 Å². The van der Waals surface area contributed by atoms with Crippen LogP contribution in [0.25, 0.3) is 12.2 Å². The van der Waals surface area contributed by atoms with Crippen LogP contribution in [0.15, 0.2) is 108 Å². The zero-order valence-corrected chi connectivity index (χ0v) is 35.0. The number of nitrogens with zero attached hydrogens (tertiary/aromatic N) is 8. The largest absolute Gasteiger partial charge is 1.00 e. The van der Waals surface area contributed by atoms with Crippen molar-refractivity contribution in [2.45, 2.75) is 4.90 Å². The van der Waals surface area contributed by atoms with Crippen LogP contribution >= 0.6 is 0 Å². The topological polar surface area (TPSA) is 205 Å². The summed E-state index contributed by atoms with van der Waals surface area (Å²) in [4.78, 5) is 31.5. The Morgan fingerprint density at radius 3 is 1.39 bits per heavy atom. The second-order valence-corrected chi connectivity index (χ2v) is 14.6. The van der Waals surface area contributed by atoms with Gasteiger partial charge in [0.1, 0.15) is 4.90 Å². The number of rotatable bonds is 13. The second-order valence-electron chi connectivity index (χ2n) is 13.2. The van der Waals surface area contributed by atoms with Crippen LogP contribution in [0.5, 0.6) is 0 Å². The number of aromatic nitrogens is 6. The molecule has 0 bridgehead atoms. The van der Waals surface area contributed by atoms with Gasteiger partial charge in [0.25, 0.3) is 10.1 Å². The number of hydrogen-bond donors (Lipinski definition) is 5. The SMILES string of the molecule is O=S(=O)(O)c1cc(Nc2nc(Nc3ccccc3)nc(N3CCOCC3)n2)ccc1C=Cc1ccc(Nc2nc(Nc3ccccc3)nc(N3CCOCC3)n2)cc1.[H-].[Na+]. The predicted molar refractivity (Wildman–Crippen MR) is 224 cm³/mol. The van der Waals surface area contributed by atoms with E-state index < -0.39 is 10.1 Å².